The average Bonchev–Trinajstić information content (AvgIpc) is 2.34. The maximum atomic E-state index is 8.94. The molecule has 0 aliphatic rings. The molecule has 10 heavy (non-hydrogen) atoms. The molecule has 1 rings (SSSR count). The molecule has 1 atom stereocenters. The highest BCUT2D eigenvalue weighted by molar-refractivity contribution is 7.09. The Morgan fingerprint density at radius 2 is 2.60 bits per heavy atom. The maximum Gasteiger partial charge on any atom is 0.0794 e. The molecule has 1 aromatic heterocycles. The first-order chi connectivity index (χ1) is 4.79. The molecule has 2 nitrogen and oxygen atoms in total. The maximum absolute atomic E-state index is 8.94. The monoisotopic (exact) mass is 157 g/mol. The molecule has 0 spiro atoms. The van der Waals surface area contributed by atoms with Crippen LogP contribution in [0.1, 0.15) is 18.2 Å². The molecule has 0 aromatic carbocycles. The van der Waals surface area contributed by atoms with Crippen LogP contribution >= 0.6 is 11.3 Å². The van der Waals surface area contributed by atoms with Gasteiger partial charge in [0, 0.05) is 11.1 Å². The van der Waals surface area contributed by atoms with Crippen LogP contribution in [-0.2, 0) is 6.42 Å². The summed E-state index contributed by atoms with van der Waals surface area (Å²) < 4.78 is 0. The predicted molar refractivity (Wildman–Crippen MR) is 42.1 cm³/mol. The second-order valence-electron chi connectivity index (χ2n) is 2.36. The van der Waals surface area contributed by atoms with Crippen LogP contribution in [0, 0.1) is 0 Å². The van der Waals surface area contributed by atoms with Gasteiger partial charge in [-0.25, -0.2) is 0 Å². The van der Waals surface area contributed by atoms with E-state index in [1.165, 1.54) is 4.88 Å². The van der Waals surface area contributed by atoms with Crippen molar-refractivity contribution in [3.8, 4) is 0 Å². The number of aromatic nitrogens is 1. The summed E-state index contributed by atoms with van der Waals surface area (Å²) in [4.78, 5) is 5.19. The van der Waals surface area contributed by atoms with Crippen molar-refractivity contribution in [3.05, 3.63) is 16.6 Å². The van der Waals surface area contributed by atoms with Gasteiger partial charge in [0.2, 0.25) is 0 Å². The number of aliphatic hydroxyl groups is 1. The van der Waals surface area contributed by atoms with E-state index in [0.29, 0.717) is 0 Å². The van der Waals surface area contributed by atoms with Gasteiger partial charge < -0.3 is 5.11 Å². The highest BCUT2D eigenvalue weighted by Crippen LogP contribution is 2.09. The molecule has 0 aliphatic heterocycles. The van der Waals surface area contributed by atoms with Crippen LogP contribution in [0.2, 0.25) is 0 Å². The first-order valence-electron chi connectivity index (χ1n) is 3.34. The lowest BCUT2D eigenvalue weighted by Crippen LogP contribution is -1.99. The Morgan fingerprint density at radius 3 is 3.10 bits per heavy atom. The van der Waals surface area contributed by atoms with E-state index in [1.54, 1.807) is 18.3 Å². The molecule has 0 amide bonds. The van der Waals surface area contributed by atoms with E-state index in [-0.39, 0.29) is 6.10 Å². The highest BCUT2D eigenvalue weighted by Gasteiger charge is 1.97. The van der Waals surface area contributed by atoms with Gasteiger partial charge in [-0.3, -0.25) is 4.98 Å². The zero-order valence-corrected chi connectivity index (χ0v) is 6.77. The minimum atomic E-state index is -0.193. The number of thiazole rings is 1. The van der Waals surface area contributed by atoms with Gasteiger partial charge in [0.15, 0.2) is 0 Å². The molecule has 3 heteroatoms. The summed E-state index contributed by atoms with van der Waals surface area (Å²) in [5, 5.41) is 8.94. The molecule has 0 bridgehead atoms. The van der Waals surface area contributed by atoms with Crippen molar-refractivity contribution in [1.29, 1.82) is 0 Å². The molecule has 0 radical (unpaired) electrons. The van der Waals surface area contributed by atoms with E-state index in [0.717, 1.165) is 12.8 Å². The zero-order chi connectivity index (χ0) is 7.40. The number of aliphatic hydroxyl groups excluding tert-OH is 1. The minimum Gasteiger partial charge on any atom is -0.393 e. The fraction of sp³-hybridized carbons (Fsp3) is 0.571. The zero-order valence-electron chi connectivity index (χ0n) is 5.95. The lowest BCUT2D eigenvalue weighted by molar-refractivity contribution is 0.185. The summed E-state index contributed by atoms with van der Waals surface area (Å²) in [7, 11) is 0. The second kappa shape index (κ2) is 3.68. The molecule has 1 aromatic rings. The number of hydrogen-bond donors (Lipinski definition) is 1. The molecule has 0 fully saturated rings. The van der Waals surface area contributed by atoms with Crippen molar-refractivity contribution >= 4 is 11.3 Å². The van der Waals surface area contributed by atoms with E-state index in [2.05, 4.69) is 4.98 Å². The SMILES string of the molecule is CC(O)CCc1cncs1. The Balaban J connectivity index is 2.28. The molecule has 1 heterocycles. The van der Waals surface area contributed by atoms with Crippen molar-refractivity contribution < 1.29 is 5.11 Å². The lowest BCUT2D eigenvalue weighted by atomic mass is 10.2. The van der Waals surface area contributed by atoms with Gasteiger partial charge in [-0.2, -0.15) is 0 Å². The molecular weight excluding hydrogens is 146 g/mol. The summed E-state index contributed by atoms with van der Waals surface area (Å²) >= 11 is 1.64. The quantitative estimate of drug-likeness (QED) is 0.720. The van der Waals surface area contributed by atoms with Gasteiger partial charge in [0.25, 0.3) is 0 Å². The largest absolute Gasteiger partial charge is 0.393 e. The third-order valence-corrected chi connectivity index (χ3v) is 2.13. The Kier molecular flexibility index (Phi) is 2.83. The number of rotatable bonds is 3. The normalized spacial score (nSPS) is 13.4. The van der Waals surface area contributed by atoms with Gasteiger partial charge in [-0.15, -0.1) is 11.3 Å². The topological polar surface area (TPSA) is 33.1 Å². The van der Waals surface area contributed by atoms with E-state index >= 15 is 0 Å². The Labute approximate surface area is 64.5 Å². The van der Waals surface area contributed by atoms with E-state index in [1.807, 2.05) is 11.7 Å². The standard InChI is InChI=1S/C7H11NOS/c1-6(9)2-3-7-4-8-5-10-7/h4-6,9H,2-3H2,1H3. The number of aryl methyl sites for hydroxylation is 1. The van der Waals surface area contributed by atoms with Crippen molar-refractivity contribution in [3.63, 3.8) is 0 Å². The number of hydrogen-bond acceptors (Lipinski definition) is 3. The van der Waals surface area contributed by atoms with Crippen LogP contribution < -0.4 is 0 Å². The Hall–Kier alpha value is -0.410. The molecular formula is C7H11NOS. The predicted octanol–water partition coefficient (Wildman–Crippen LogP) is 1.46. The second-order valence-corrected chi connectivity index (χ2v) is 3.33. The molecule has 0 aliphatic carbocycles. The van der Waals surface area contributed by atoms with Crippen LogP contribution in [-0.4, -0.2) is 16.2 Å². The third kappa shape index (κ3) is 2.45. The first kappa shape index (κ1) is 7.69. The smallest absolute Gasteiger partial charge is 0.0794 e. The Bertz CT molecular complexity index is 172. The van der Waals surface area contributed by atoms with E-state index in [4.69, 9.17) is 5.11 Å². The molecule has 1 N–H and O–H groups in total. The van der Waals surface area contributed by atoms with Gasteiger partial charge in [0.05, 0.1) is 11.6 Å². The van der Waals surface area contributed by atoms with E-state index in [9.17, 15) is 0 Å². The van der Waals surface area contributed by atoms with Gasteiger partial charge in [0.1, 0.15) is 0 Å². The van der Waals surface area contributed by atoms with Crippen molar-refractivity contribution in [2.45, 2.75) is 25.9 Å². The van der Waals surface area contributed by atoms with Gasteiger partial charge in [-0.1, -0.05) is 0 Å². The molecule has 1 unspecified atom stereocenters. The molecule has 56 valence electrons. The van der Waals surface area contributed by atoms with Crippen LogP contribution in [0.4, 0.5) is 0 Å². The first-order valence-corrected chi connectivity index (χ1v) is 4.22. The highest BCUT2D eigenvalue weighted by atomic mass is 32.1. The Morgan fingerprint density at radius 1 is 1.80 bits per heavy atom. The summed E-state index contributed by atoms with van der Waals surface area (Å²) in [5.74, 6) is 0. The van der Waals surface area contributed by atoms with Crippen LogP contribution in [0.25, 0.3) is 0 Å². The third-order valence-electron chi connectivity index (χ3n) is 1.29. The fourth-order valence-corrected chi connectivity index (χ4v) is 1.33. The fourth-order valence-electron chi connectivity index (χ4n) is 0.717. The van der Waals surface area contributed by atoms with Crippen LogP contribution in [0.3, 0.4) is 0 Å². The van der Waals surface area contributed by atoms with Gasteiger partial charge >= 0.3 is 0 Å². The summed E-state index contributed by atoms with van der Waals surface area (Å²) in [6, 6.07) is 0. The van der Waals surface area contributed by atoms with Crippen molar-refractivity contribution in [1.82, 2.24) is 4.98 Å². The van der Waals surface area contributed by atoms with Gasteiger partial charge in [-0.05, 0) is 19.8 Å². The van der Waals surface area contributed by atoms with Crippen LogP contribution in [0.5, 0.6) is 0 Å². The van der Waals surface area contributed by atoms with Crippen LogP contribution in [0.15, 0.2) is 11.7 Å². The molecule has 0 saturated carbocycles. The summed E-state index contributed by atoms with van der Waals surface area (Å²) in [6.45, 7) is 1.81. The summed E-state index contributed by atoms with van der Waals surface area (Å²) in [5.41, 5.74) is 1.82. The lowest BCUT2D eigenvalue weighted by Gasteiger charge is -1.99. The van der Waals surface area contributed by atoms with Crippen molar-refractivity contribution in [2.75, 3.05) is 0 Å². The summed E-state index contributed by atoms with van der Waals surface area (Å²) in [6.07, 6.45) is 3.44. The average molecular weight is 157 g/mol. The minimum absolute atomic E-state index is 0.193. The molecule has 0 saturated heterocycles. The van der Waals surface area contributed by atoms with Crippen molar-refractivity contribution in [2.24, 2.45) is 0 Å². The van der Waals surface area contributed by atoms with E-state index < -0.39 is 0 Å². The number of nitrogens with zero attached hydrogens (tertiary/aromatic N) is 1.